The van der Waals surface area contributed by atoms with Crippen molar-refractivity contribution < 1.29 is 13.2 Å². The summed E-state index contributed by atoms with van der Waals surface area (Å²) in [6.45, 7) is 1.64. The lowest BCUT2D eigenvalue weighted by atomic mass is 10.2. The fourth-order valence-corrected chi connectivity index (χ4v) is 5.36. The molecule has 1 aromatic heterocycles. The van der Waals surface area contributed by atoms with Crippen molar-refractivity contribution in [2.24, 2.45) is 0 Å². The van der Waals surface area contributed by atoms with Gasteiger partial charge in [-0.15, -0.1) is 0 Å². The number of nitriles is 1. The van der Waals surface area contributed by atoms with E-state index in [1.165, 1.54) is 11.4 Å². The summed E-state index contributed by atoms with van der Waals surface area (Å²) in [7, 11) is -2.11. The second kappa shape index (κ2) is 8.50. The minimum atomic E-state index is -3.62. The molecule has 2 fully saturated rings. The predicted octanol–water partition coefficient (Wildman–Crippen LogP) is 2.60. The highest BCUT2D eigenvalue weighted by Crippen LogP contribution is 2.32. The van der Waals surface area contributed by atoms with Crippen LogP contribution in [0.15, 0.2) is 47.4 Å². The third-order valence-corrected chi connectivity index (χ3v) is 7.80. The Hall–Kier alpha value is -3.42. The first kappa shape index (κ1) is 21.4. The van der Waals surface area contributed by atoms with E-state index in [4.69, 9.17) is 14.7 Å². The van der Waals surface area contributed by atoms with Crippen LogP contribution in [-0.4, -0.2) is 62.0 Å². The molecule has 1 aliphatic heterocycles. The van der Waals surface area contributed by atoms with E-state index in [2.05, 4.69) is 16.3 Å². The summed E-state index contributed by atoms with van der Waals surface area (Å²) in [6, 6.07) is 14.3. The Balaban J connectivity index is 1.40. The van der Waals surface area contributed by atoms with Gasteiger partial charge in [0.25, 0.3) is 0 Å². The molecule has 1 saturated carbocycles. The first-order valence-electron chi connectivity index (χ1n) is 10.9. The van der Waals surface area contributed by atoms with E-state index in [1.54, 1.807) is 42.5 Å². The zero-order valence-electron chi connectivity index (χ0n) is 18.2. The average Bonchev–Trinajstić information content (AvgIpc) is 3.67. The smallest absolute Gasteiger partial charge is 0.243 e. The fourth-order valence-electron chi connectivity index (χ4n) is 3.90. The summed E-state index contributed by atoms with van der Waals surface area (Å²) in [5, 5.41) is 12.7. The van der Waals surface area contributed by atoms with Crippen LogP contribution in [-0.2, 0) is 10.0 Å². The number of fused-ring (bicyclic) bond motifs is 1. The van der Waals surface area contributed by atoms with Crippen LogP contribution < -0.4 is 15.0 Å². The number of anilines is 2. The molecule has 0 atom stereocenters. The molecule has 1 N–H and O–H groups in total. The zero-order valence-corrected chi connectivity index (χ0v) is 19.0. The number of hydrogen-bond acceptors (Lipinski definition) is 8. The largest absolute Gasteiger partial charge is 0.497 e. The number of hydrogen-bond donors (Lipinski definition) is 1. The first-order chi connectivity index (χ1) is 16.0. The second-order valence-corrected chi connectivity index (χ2v) is 10.1. The molecule has 0 amide bonds. The number of piperazine rings is 1. The van der Waals surface area contributed by atoms with Crippen LogP contribution in [0.3, 0.4) is 0 Å². The van der Waals surface area contributed by atoms with Gasteiger partial charge in [0, 0.05) is 38.3 Å². The maximum atomic E-state index is 13.1. The fraction of sp³-hybridized carbons (Fsp3) is 0.348. The van der Waals surface area contributed by atoms with Gasteiger partial charge in [-0.25, -0.2) is 18.4 Å². The van der Waals surface area contributed by atoms with Crippen molar-refractivity contribution in [3.05, 3.63) is 48.0 Å². The van der Waals surface area contributed by atoms with Crippen molar-refractivity contribution in [1.29, 1.82) is 5.26 Å². The molecule has 0 unspecified atom stereocenters. The van der Waals surface area contributed by atoms with Gasteiger partial charge in [0.1, 0.15) is 5.75 Å². The lowest BCUT2D eigenvalue weighted by molar-refractivity contribution is 0.382. The van der Waals surface area contributed by atoms with E-state index < -0.39 is 10.0 Å². The van der Waals surface area contributed by atoms with Gasteiger partial charge < -0.3 is 15.0 Å². The number of nitrogens with zero attached hydrogens (tertiary/aromatic N) is 5. The summed E-state index contributed by atoms with van der Waals surface area (Å²) in [4.78, 5) is 11.9. The van der Waals surface area contributed by atoms with Gasteiger partial charge in [-0.1, -0.05) is 6.07 Å². The molecule has 0 spiro atoms. The highest BCUT2D eigenvalue weighted by atomic mass is 32.2. The lowest BCUT2D eigenvalue weighted by Crippen LogP contribution is -2.49. The summed E-state index contributed by atoms with van der Waals surface area (Å²) >= 11 is 0. The molecule has 33 heavy (non-hydrogen) atoms. The van der Waals surface area contributed by atoms with Crippen LogP contribution in [0, 0.1) is 11.3 Å². The van der Waals surface area contributed by atoms with Crippen LogP contribution in [0.2, 0.25) is 0 Å². The number of sulfonamides is 1. The van der Waals surface area contributed by atoms with Gasteiger partial charge in [0.2, 0.25) is 10.0 Å². The first-order valence-corrected chi connectivity index (χ1v) is 12.3. The Morgan fingerprint density at radius 1 is 1.06 bits per heavy atom. The molecule has 2 heterocycles. The number of rotatable bonds is 6. The molecule has 0 radical (unpaired) electrons. The van der Waals surface area contributed by atoms with Crippen LogP contribution >= 0.6 is 0 Å². The molecule has 1 saturated heterocycles. The Labute approximate surface area is 192 Å². The Kier molecular flexibility index (Phi) is 5.52. The summed E-state index contributed by atoms with van der Waals surface area (Å²) < 4.78 is 33.0. The Bertz CT molecular complexity index is 1340. The monoisotopic (exact) mass is 464 g/mol. The molecular formula is C23H24N6O3S. The normalized spacial score (nSPS) is 17.0. The van der Waals surface area contributed by atoms with E-state index in [-0.39, 0.29) is 4.90 Å². The quantitative estimate of drug-likeness (QED) is 0.593. The Morgan fingerprint density at radius 2 is 1.85 bits per heavy atom. The third kappa shape index (κ3) is 4.29. The molecule has 2 aliphatic rings. The van der Waals surface area contributed by atoms with Crippen LogP contribution in [0.1, 0.15) is 18.4 Å². The van der Waals surface area contributed by atoms with Crippen LogP contribution in [0.25, 0.3) is 11.0 Å². The highest BCUT2D eigenvalue weighted by Gasteiger charge is 2.31. The number of aromatic nitrogens is 2. The standard InChI is InChI=1S/C23H24N6O3S/c1-32-18-3-2-4-19(14-18)33(30,31)29-11-9-28(10-12-29)23-22(25-17-6-7-17)26-20-8-5-16(15-24)13-21(20)27-23/h2-5,8,13-14,17H,6-7,9-12H2,1H3,(H,25,26). The number of nitrogens with one attached hydrogen (secondary N) is 1. The second-order valence-electron chi connectivity index (χ2n) is 8.20. The van der Waals surface area contributed by atoms with E-state index in [1.807, 2.05) is 0 Å². The van der Waals surface area contributed by atoms with E-state index in [0.29, 0.717) is 60.7 Å². The molecule has 1 aliphatic carbocycles. The molecular weight excluding hydrogens is 440 g/mol. The van der Waals surface area contributed by atoms with E-state index in [0.717, 1.165) is 18.4 Å². The number of ether oxygens (including phenoxy) is 1. The average molecular weight is 465 g/mol. The molecule has 10 heteroatoms. The van der Waals surface area contributed by atoms with Crippen molar-refractivity contribution in [1.82, 2.24) is 14.3 Å². The molecule has 0 bridgehead atoms. The van der Waals surface area contributed by atoms with Crippen LogP contribution in [0.4, 0.5) is 11.6 Å². The topological polar surface area (TPSA) is 111 Å². The molecule has 2 aromatic carbocycles. The van der Waals surface area contributed by atoms with Crippen LogP contribution in [0.5, 0.6) is 5.75 Å². The summed E-state index contributed by atoms with van der Waals surface area (Å²) in [5.74, 6) is 1.91. The zero-order chi connectivity index (χ0) is 23.0. The SMILES string of the molecule is COc1cccc(S(=O)(=O)N2CCN(c3nc4cc(C#N)ccc4nc3NC3CC3)CC2)c1. The predicted molar refractivity (Wildman–Crippen MR) is 125 cm³/mol. The highest BCUT2D eigenvalue weighted by molar-refractivity contribution is 7.89. The van der Waals surface area contributed by atoms with Gasteiger partial charge in [-0.05, 0) is 43.2 Å². The van der Waals surface area contributed by atoms with Gasteiger partial charge >= 0.3 is 0 Å². The summed E-state index contributed by atoms with van der Waals surface area (Å²) in [5.41, 5.74) is 1.90. The third-order valence-electron chi connectivity index (χ3n) is 5.91. The molecule has 9 nitrogen and oxygen atoms in total. The van der Waals surface area contributed by atoms with Gasteiger partial charge in [0.15, 0.2) is 11.6 Å². The molecule has 5 rings (SSSR count). The number of benzene rings is 2. The van der Waals surface area contributed by atoms with Crippen molar-refractivity contribution in [2.45, 2.75) is 23.8 Å². The Morgan fingerprint density at radius 3 is 2.55 bits per heavy atom. The minimum Gasteiger partial charge on any atom is -0.497 e. The van der Waals surface area contributed by atoms with Gasteiger partial charge in [0.05, 0.1) is 34.7 Å². The van der Waals surface area contributed by atoms with Gasteiger partial charge in [-0.3, -0.25) is 0 Å². The van der Waals surface area contributed by atoms with Crippen molar-refractivity contribution >= 4 is 32.7 Å². The van der Waals surface area contributed by atoms with E-state index >= 15 is 0 Å². The van der Waals surface area contributed by atoms with Gasteiger partial charge in [-0.2, -0.15) is 9.57 Å². The van der Waals surface area contributed by atoms with Crippen molar-refractivity contribution in [3.63, 3.8) is 0 Å². The minimum absolute atomic E-state index is 0.223. The maximum Gasteiger partial charge on any atom is 0.243 e. The van der Waals surface area contributed by atoms with Crippen molar-refractivity contribution in [2.75, 3.05) is 43.5 Å². The van der Waals surface area contributed by atoms with E-state index in [9.17, 15) is 13.7 Å². The lowest BCUT2D eigenvalue weighted by Gasteiger charge is -2.35. The molecule has 170 valence electrons. The summed E-state index contributed by atoms with van der Waals surface area (Å²) in [6.07, 6.45) is 2.19. The number of methoxy groups -OCH3 is 1. The molecule has 3 aromatic rings. The maximum absolute atomic E-state index is 13.1. The van der Waals surface area contributed by atoms with Crippen molar-refractivity contribution in [3.8, 4) is 11.8 Å².